The van der Waals surface area contributed by atoms with Gasteiger partial charge in [0.2, 0.25) is 10.0 Å². The van der Waals surface area contributed by atoms with Gasteiger partial charge in [0.05, 0.1) is 10.9 Å². The molecule has 1 aromatic rings. The number of nitrogens with one attached hydrogen (secondary N) is 1. The molecule has 1 heterocycles. The predicted molar refractivity (Wildman–Crippen MR) is 80.2 cm³/mol. The Morgan fingerprint density at radius 1 is 1.32 bits per heavy atom. The Morgan fingerprint density at radius 3 is 2.58 bits per heavy atom. The molecule has 4 nitrogen and oxygen atoms in total. The van der Waals surface area contributed by atoms with Gasteiger partial charge in [0, 0.05) is 18.0 Å². The summed E-state index contributed by atoms with van der Waals surface area (Å²) >= 11 is 3.48. The summed E-state index contributed by atoms with van der Waals surface area (Å²) in [5, 5.41) is -0.361. The summed E-state index contributed by atoms with van der Waals surface area (Å²) in [6, 6.07) is 7.45. The van der Waals surface area contributed by atoms with E-state index in [-0.39, 0.29) is 10.1 Å². The second-order valence-electron chi connectivity index (χ2n) is 4.66. The third-order valence-electron chi connectivity index (χ3n) is 3.25. The summed E-state index contributed by atoms with van der Waals surface area (Å²) in [6.07, 6.45) is 1.11. The Labute approximate surface area is 122 Å². The number of hydrogen-bond donors (Lipinski definition) is 1. The summed E-state index contributed by atoms with van der Waals surface area (Å²) in [5.41, 5.74) is 1.59. The van der Waals surface area contributed by atoms with E-state index in [0.29, 0.717) is 31.7 Å². The van der Waals surface area contributed by atoms with Crippen LogP contribution in [0.5, 0.6) is 0 Å². The Hall–Kier alpha value is -0.590. The maximum absolute atomic E-state index is 12.3. The van der Waals surface area contributed by atoms with Crippen LogP contribution in [-0.2, 0) is 14.8 Å². The van der Waals surface area contributed by atoms with Crippen molar-refractivity contribution in [3.05, 3.63) is 29.8 Å². The average molecular weight is 348 g/mol. The molecule has 0 radical (unpaired) electrons. The van der Waals surface area contributed by atoms with Gasteiger partial charge < -0.3 is 4.74 Å². The van der Waals surface area contributed by atoms with Crippen LogP contribution in [0.2, 0.25) is 0 Å². The van der Waals surface area contributed by atoms with Crippen molar-refractivity contribution in [2.45, 2.75) is 29.8 Å². The van der Waals surface area contributed by atoms with Crippen LogP contribution < -0.4 is 4.72 Å². The molecule has 1 aliphatic rings. The molecule has 1 saturated heterocycles. The molecule has 6 heteroatoms. The van der Waals surface area contributed by atoms with E-state index in [1.807, 2.05) is 25.1 Å². The van der Waals surface area contributed by atoms with Gasteiger partial charge in [0.25, 0.3) is 0 Å². The van der Waals surface area contributed by atoms with E-state index >= 15 is 0 Å². The van der Waals surface area contributed by atoms with Gasteiger partial charge >= 0.3 is 0 Å². The zero-order valence-corrected chi connectivity index (χ0v) is 13.2. The van der Waals surface area contributed by atoms with Gasteiger partial charge in [0.1, 0.15) is 0 Å². The molecular formula is C13H18BrNO3S. The quantitative estimate of drug-likeness (QED) is 0.851. The first kappa shape index (κ1) is 14.8. The molecule has 1 aromatic carbocycles. The number of hydrogen-bond acceptors (Lipinski definition) is 3. The molecule has 2 rings (SSSR count). The zero-order chi connectivity index (χ0) is 13.9. The van der Waals surface area contributed by atoms with Crippen molar-refractivity contribution in [1.29, 1.82) is 0 Å². The second-order valence-corrected chi connectivity index (χ2v) is 8.00. The predicted octanol–water partition coefficient (Wildman–Crippen LogP) is 3.06. The van der Waals surface area contributed by atoms with Crippen LogP contribution in [0.4, 0.5) is 5.69 Å². The summed E-state index contributed by atoms with van der Waals surface area (Å²) in [4.78, 5) is 0.0982. The van der Waals surface area contributed by atoms with Crippen LogP contribution in [0.1, 0.15) is 30.2 Å². The van der Waals surface area contributed by atoms with E-state index in [1.54, 1.807) is 6.07 Å². The number of para-hydroxylation sites is 1. The van der Waals surface area contributed by atoms with Gasteiger partial charge in [-0.25, -0.2) is 8.42 Å². The Kier molecular flexibility index (Phi) is 4.86. The fourth-order valence-electron chi connectivity index (χ4n) is 2.16. The lowest BCUT2D eigenvalue weighted by atomic mass is 10.1. The molecule has 1 N–H and O–H groups in total. The lowest BCUT2D eigenvalue weighted by molar-refractivity contribution is 0.0984. The first-order chi connectivity index (χ1) is 9.00. The van der Waals surface area contributed by atoms with Crippen molar-refractivity contribution in [3.8, 4) is 0 Å². The minimum atomic E-state index is -3.34. The molecule has 0 bridgehead atoms. The summed E-state index contributed by atoms with van der Waals surface area (Å²) in [6.45, 7) is 3.01. The van der Waals surface area contributed by atoms with Gasteiger partial charge in [0.15, 0.2) is 0 Å². The van der Waals surface area contributed by atoms with Gasteiger partial charge in [-0.1, -0.05) is 34.1 Å². The maximum Gasteiger partial charge on any atom is 0.235 e. The number of halogens is 1. The van der Waals surface area contributed by atoms with Gasteiger partial charge in [-0.2, -0.15) is 0 Å². The van der Waals surface area contributed by atoms with E-state index in [0.717, 1.165) is 5.56 Å². The number of benzene rings is 1. The van der Waals surface area contributed by atoms with Crippen LogP contribution in [0, 0.1) is 0 Å². The molecule has 0 spiro atoms. The minimum absolute atomic E-state index is 0.0982. The minimum Gasteiger partial charge on any atom is -0.381 e. The van der Waals surface area contributed by atoms with Gasteiger partial charge in [-0.15, -0.1) is 0 Å². The number of ether oxygens (including phenoxy) is 1. The lowest BCUT2D eigenvalue weighted by Gasteiger charge is -2.23. The first-order valence-electron chi connectivity index (χ1n) is 6.33. The topological polar surface area (TPSA) is 55.4 Å². The van der Waals surface area contributed by atoms with Crippen molar-refractivity contribution in [2.75, 3.05) is 17.9 Å². The fourth-order valence-corrected chi connectivity index (χ4v) is 4.03. The lowest BCUT2D eigenvalue weighted by Crippen LogP contribution is -2.33. The van der Waals surface area contributed by atoms with Gasteiger partial charge in [-0.05, 0) is 31.4 Å². The van der Waals surface area contributed by atoms with Crippen molar-refractivity contribution in [3.63, 3.8) is 0 Å². The number of anilines is 1. The molecular weight excluding hydrogens is 330 g/mol. The molecule has 1 fully saturated rings. The highest BCUT2D eigenvalue weighted by molar-refractivity contribution is 9.09. The van der Waals surface area contributed by atoms with E-state index in [9.17, 15) is 8.42 Å². The molecule has 1 unspecified atom stereocenters. The summed E-state index contributed by atoms with van der Waals surface area (Å²) in [7, 11) is -3.34. The molecule has 1 aliphatic heterocycles. The highest BCUT2D eigenvalue weighted by atomic mass is 79.9. The van der Waals surface area contributed by atoms with Crippen LogP contribution in [0.3, 0.4) is 0 Å². The van der Waals surface area contributed by atoms with E-state index < -0.39 is 10.0 Å². The highest BCUT2D eigenvalue weighted by Crippen LogP contribution is 2.30. The normalized spacial score (nSPS) is 19.1. The third kappa shape index (κ3) is 3.70. The van der Waals surface area contributed by atoms with E-state index in [2.05, 4.69) is 20.7 Å². The third-order valence-corrected chi connectivity index (χ3v) is 5.60. The molecule has 1 atom stereocenters. The van der Waals surface area contributed by atoms with Crippen molar-refractivity contribution in [2.24, 2.45) is 0 Å². The van der Waals surface area contributed by atoms with Crippen molar-refractivity contribution in [1.82, 2.24) is 0 Å². The first-order valence-corrected chi connectivity index (χ1v) is 8.79. The Balaban J connectivity index is 2.20. The molecule has 0 aromatic heterocycles. The molecule has 0 aliphatic carbocycles. The number of alkyl halides is 1. The Bertz CT molecular complexity index is 524. The largest absolute Gasteiger partial charge is 0.381 e. The van der Waals surface area contributed by atoms with E-state index in [1.165, 1.54) is 0 Å². The molecule has 106 valence electrons. The van der Waals surface area contributed by atoms with Gasteiger partial charge in [-0.3, -0.25) is 4.72 Å². The van der Waals surface area contributed by atoms with Crippen LogP contribution in [-0.4, -0.2) is 26.9 Å². The SMILES string of the molecule is CC(Br)c1ccccc1NS(=O)(=O)C1CCOCC1. The molecule has 0 saturated carbocycles. The molecule has 19 heavy (non-hydrogen) atoms. The average Bonchev–Trinajstić information content (AvgIpc) is 2.39. The van der Waals surface area contributed by atoms with Crippen LogP contribution in [0.25, 0.3) is 0 Å². The highest BCUT2D eigenvalue weighted by Gasteiger charge is 2.28. The number of sulfonamides is 1. The summed E-state index contributed by atoms with van der Waals surface area (Å²) < 4.78 is 32.6. The zero-order valence-electron chi connectivity index (χ0n) is 10.8. The van der Waals surface area contributed by atoms with Crippen molar-refractivity contribution >= 4 is 31.6 Å². The van der Waals surface area contributed by atoms with Crippen LogP contribution in [0.15, 0.2) is 24.3 Å². The second kappa shape index (κ2) is 6.24. The standard InChI is InChI=1S/C13H18BrNO3S/c1-10(14)12-4-2-3-5-13(12)15-19(16,17)11-6-8-18-9-7-11/h2-5,10-11,15H,6-9H2,1H3. The number of rotatable bonds is 4. The van der Waals surface area contributed by atoms with E-state index in [4.69, 9.17) is 4.74 Å². The summed E-state index contributed by atoms with van der Waals surface area (Å²) in [5.74, 6) is 0. The Morgan fingerprint density at radius 2 is 1.95 bits per heavy atom. The monoisotopic (exact) mass is 347 g/mol. The van der Waals surface area contributed by atoms with Crippen molar-refractivity contribution < 1.29 is 13.2 Å². The fraction of sp³-hybridized carbons (Fsp3) is 0.538. The van der Waals surface area contributed by atoms with Crippen LogP contribution >= 0.6 is 15.9 Å². The molecule has 0 amide bonds. The maximum atomic E-state index is 12.3. The smallest absolute Gasteiger partial charge is 0.235 e.